The van der Waals surface area contributed by atoms with Gasteiger partial charge in [-0.15, -0.1) is 0 Å². The Morgan fingerprint density at radius 2 is 2.18 bits per heavy atom. The fourth-order valence-corrected chi connectivity index (χ4v) is 1.73. The van der Waals surface area contributed by atoms with Crippen LogP contribution in [0.1, 0.15) is 0 Å². The molecule has 1 N–H and O–H groups in total. The van der Waals surface area contributed by atoms with Gasteiger partial charge in [-0.1, -0.05) is 0 Å². The molecule has 0 aliphatic carbocycles. The minimum atomic E-state index is 0.838. The topological polar surface area (TPSA) is 28.7 Å². The number of aromatic nitrogens is 2. The third-order valence-electron chi connectivity index (χ3n) is 1.50. The number of aromatic amines is 1. The summed E-state index contributed by atoms with van der Waals surface area (Å²) in [6.45, 7) is 0. The van der Waals surface area contributed by atoms with Crippen LogP contribution in [0.3, 0.4) is 0 Å². The first-order valence-corrected chi connectivity index (χ1v) is 4.65. The minimum absolute atomic E-state index is 0.838. The van der Waals surface area contributed by atoms with Crippen molar-refractivity contribution in [2.45, 2.75) is 0 Å². The molecule has 56 valence electrons. The number of rotatable bonds is 0. The Hall–Kier alpha value is -0.350. The smallest absolute Gasteiger partial charge is 0.121 e. The van der Waals surface area contributed by atoms with Gasteiger partial charge in [0.15, 0.2) is 0 Å². The summed E-state index contributed by atoms with van der Waals surface area (Å²) < 4.78 is 1.83. The van der Waals surface area contributed by atoms with Crippen LogP contribution in [0, 0.1) is 0 Å². The molecule has 2 aromatic heterocycles. The van der Waals surface area contributed by atoms with Crippen molar-refractivity contribution in [1.29, 1.82) is 0 Å². The standard InChI is InChI=1S/C7H4Br2N2/c8-6-4-1-2-10-5(4)3-11-7(6)9/h1-3,10H. The molecule has 0 amide bonds. The second kappa shape index (κ2) is 2.60. The van der Waals surface area contributed by atoms with E-state index in [9.17, 15) is 0 Å². The molecule has 2 heterocycles. The van der Waals surface area contributed by atoms with Crippen LogP contribution < -0.4 is 0 Å². The fraction of sp³-hybridized carbons (Fsp3) is 0. The SMILES string of the molecule is Brc1ncc2[nH]ccc2c1Br. The predicted molar refractivity (Wildman–Crippen MR) is 51.5 cm³/mol. The molecule has 2 nitrogen and oxygen atoms in total. The number of fused-ring (bicyclic) bond motifs is 1. The fourth-order valence-electron chi connectivity index (χ4n) is 0.970. The summed E-state index contributed by atoms with van der Waals surface area (Å²) in [6.07, 6.45) is 3.69. The highest BCUT2D eigenvalue weighted by Crippen LogP contribution is 2.28. The van der Waals surface area contributed by atoms with E-state index in [2.05, 4.69) is 41.8 Å². The molecule has 2 rings (SSSR count). The van der Waals surface area contributed by atoms with Gasteiger partial charge in [0.2, 0.25) is 0 Å². The Bertz CT molecular complexity index is 394. The summed E-state index contributed by atoms with van der Waals surface area (Å²) in [6, 6.07) is 2.01. The van der Waals surface area contributed by atoms with E-state index < -0.39 is 0 Å². The van der Waals surface area contributed by atoms with Gasteiger partial charge in [-0.3, -0.25) is 0 Å². The maximum absolute atomic E-state index is 4.12. The van der Waals surface area contributed by atoms with Gasteiger partial charge in [0, 0.05) is 11.6 Å². The first-order valence-electron chi connectivity index (χ1n) is 3.06. The molecule has 2 aromatic rings. The Morgan fingerprint density at radius 3 is 3.00 bits per heavy atom. The van der Waals surface area contributed by atoms with Gasteiger partial charge in [-0.05, 0) is 37.9 Å². The summed E-state index contributed by atoms with van der Waals surface area (Å²) in [5.41, 5.74) is 1.04. The van der Waals surface area contributed by atoms with Gasteiger partial charge < -0.3 is 4.98 Å². The molecule has 0 bridgehead atoms. The van der Waals surface area contributed by atoms with Crippen LogP contribution >= 0.6 is 31.9 Å². The van der Waals surface area contributed by atoms with E-state index in [0.717, 1.165) is 20.0 Å². The molecule has 0 atom stereocenters. The summed E-state index contributed by atoms with van der Waals surface area (Å²) in [4.78, 5) is 7.19. The maximum atomic E-state index is 4.12. The van der Waals surface area contributed by atoms with E-state index in [0.29, 0.717) is 0 Å². The Balaban J connectivity index is 2.93. The van der Waals surface area contributed by atoms with E-state index in [4.69, 9.17) is 0 Å². The summed E-state index contributed by atoms with van der Waals surface area (Å²) in [5, 5.41) is 1.15. The minimum Gasteiger partial charge on any atom is -0.360 e. The number of nitrogens with one attached hydrogen (secondary N) is 1. The summed E-state index contributed by atoms with van der Waals surface area (Å²) >= 11 is 6.76. The van der Waals surface area contributed by atoms with Gasteiger partial charge in [0.1, 0.15) is 4.60 Å². The number of H-pyrrole nitrogens is 1. The van der Waals surface area contributed by atoms with E-state index in [1.807, 2.05) is 12.3 Å². The van der Waals surface area contributed by atoms with Crippen LogP contribution in [-0.4, -0.2) is 9.97 Å². The molecule has 0 saturated heterocycles. The normalized spacial score (nSPS) is 10.7. The number of halogens is 2. The van der Waals surface area contributed by atoms with E-state index >= 15 is 0 Å². The summed E-state index contributed by atoms with van der Waals surface area (Å²) in [7, 11) is 0. The zero-order chi connectivity index (χ0) is 7.84. The number of nitrogens with zero attached hydrogens (tertiary/aromatic N) is 1. The van der Waals surface area contributed by atoms with E-state index in [1.165, 1.54) is 0 Å². The quantitative estimate of drug-likeness (QED) is 0.736. The van der Waals surface area contributed by atoms with Crippen LogP contribution in [0.5, 0.6) is 0 Å². The molecular weight excluding hydrogens is 272 g/mol. The van der Waals surface area contributed by atoms with Crippen molar-refractivity contribution in [3.63, 3.8) is 0 Å². The van der Waals surface area contributed by atoms with Crippen molar-refractivity contribution >= 4 is 42.8 Å². The average Bonchev–Trinajstić information content (AvgIpc) is 2.45. The van der Waals surface area contributed by atoms with Gasteiger partial charge in [-0.25, -0.2) is 4.98 Å². The van der Waals surface area contributed by atoms with Crippen molar-refractivity contribution in [2.75, 3.05) is 0 Å². The predicted octanol–water partition coefficient (Wildman–Crippen LogP) is 3.09. The highest BCUT2D eigenvalue weighted by Gasteiger charge is 2.03. The molecule has 0 fully saturated rings. The van der Waals surface area contributed by atoms with Crippen molar-refractivity contribution in [1.82, 2.24) is 9.97 Å². The lowest BCUT2D eigenvalue weighted by Gasteiger charge is -1.95. The number of hydrogen-bond donors (Lipinski definition) is 1. The molecule has 0 unspecified atom stereocenters. The highest BCUT2D eigenvalue weighted by molar-refractivity contribution is 9.13. The number of hydrogen-bond acceptors (Lipinski definition) is 1. The lowest BCUT2D eigenvalue weighted by molar-refractivity contribution is 1.28. The molecule has 11 heavy (non-hydrogen) atoms. The van der Waals surface area contributed by atoms with Crippen molar-refractivity contribution in [3.05, 3.63) is 27.5 Å². The third-order valence-corrected chi connectivity index (χ3v) is 3.44. The molecule has 0 aliphatic rings. The maximum Gasteiger partial charge on any atom is 0.121 e. The van der Waals surface area contributed by atoms with Crippen molar-refractivity contribution < 1.29 is 0 Å². The van der Waals surface area contributed by atoms with Crippen LogP contribution in [0.15, 0.2) is 27.5 Å². The molecule has 0 radical (unpaired) electrons. The van der Waals surface area contributed by atoms with Crippen molar-refractivity contribution in [3.8, 4) is 0 Å². The van der Waals surface area contributed by atoms with Crippen LogP contribution in [0.4, 0.5) is 0 Å². The lowest BCUT2D eigenvalue weighted by atomic mass is 10.3. The molecule has 0 aliphatic heterocycles. The molecule has 0 spiro atoms. The van der Waals surface area contributed by atoms with Gasteiger partial charge in [0.25, 0.3) is 0 Å². The first kappa shape index (κ1) is 7.31. The highest BCUT2D eigenvalue weighted by atomic mass is 79.9. The molecule has 0 aromatic carbocycles. The zero-order valence-corrected chi connectivity index (χ0v) is 8.61. The van der Waals surface area contributed by atoms with Crippen LogP contribution in [-0.2, 0) is 0 Å². The van der Waals surface area contributed by atoms with E-state index in [1.54, 1.807) is 6.20 Å². The monoisotopic (exact) mass is 274 g/mol. The van der Waals surface area contributed by atoms with Crippen LogP contribution in [0.25, 0.3) is 10.9 Å². The van der Waals surface area contributed by atoms with Crippen LogP contribution in [0.2, 0.25) is 0 Å². The second-order valence-electron chi connectivity index (χ2n) is 2.17. The second-order valence-corrected chi connectivity index (χ2v) is 3.71. The Labute approximate surface area is 80.3 Å². The van der Waals surface area contributed by atoms with Gasteiger partial charge >= 0.3 is 0 Å². The largest absolute Gasteiger partial charge is 0.360 e. The molecule has 0 saturated carbocycles. The summed E-state index contributed by atoms with van der Waals surface area (Å²) in [5.74, 6) is 0. The Kier molecular flexibility index (Phi) is 1.73. The molecule has 4 heteroatoms. The molecular formula is C7H4Br2N2. The third kappa shape index (κ3) is 1.10. The average molecular weight is 276 g/mol. The zero-order valence-electron chi connectivity index (χ0n) is 5.44. The van der Waals surface area contributed by atoms with Gasteiger partial charge in [0.05, 0.1) is 16.2 Å². The van der Waals surface area contributed by atoms with Crippen molar-refractivity contribution in [2.24, 2.45) is 0 Å². The van der Waals surface area contributed by atoms with E-state index in [-0.39, 0.29) is 0 Å². The number of pyridine rings is 1. The van der Waals surface area contributed by atoms with Gasteiger partial charge in [-0.2, -0.15) is 0 Å². The Morgan fingerprint density at radius 1 is 1.36 bits per heavy atom. The lowest BCUT2D eigenvalue weighted by Crippen LogP contribution is -1.77. The first-order chi connectivity index (χ1) is 5.29.